The lowest BCUT2D eigenvalue weighted by Gasteiger charge is -2.20. The van der Waals surface area contributed by atoms with Crippen molar-refractivity contribution in [2.75, 3.05) is 7.11 Å². The van der Waals surface area contributed by atoms with Crippen molar-refractivity contribution < 1.29 is 14.6 Å². The molecule has 3 nitrogen and oxygen atoms in total. The molecule has 0 fully saturated rings. The number of esters is 1. The molecule has 0 aromatic rings. The van der Waals surface area contributed by atoms with Crippen LogP contribution in [0.25, 0.3) is 0 Å². The van der Waals surface area contributed by atoms with Gasteiger partial charge in [0, 0.05) is 5.92 Å². The van der Waals surface area contributed by atoms with E-state index >= 15 is 0 Å². The molecule has 68 valence electrons. The summed E-state index contributed by atoms with van der Waals surface area (Å²) in [5.74, 6) is 3.96. The largest absolute Gasteiger partial charge is 0.459 e. The Balaban J connectivity index is 4.23. The van der Waals surface area contributed by atoms with Crippen molar-refractivity contribution >= 4 is 5.97 Å². The van der Waals surface area contributed by atoms with Crippen LogP contribution in [-0.2, 0) is 9.53 Å². The molecule has 0 amide bonds. The molecule has 0 aliphatic carbocycles. The van der Waals surface area contributed by atoms with Crippen LogP contribution < -0.4 is 0 Å². The van der Waals surface area contributed by atoms with Gasteiger partial charge in [0.05, 0.1) is 7.11 Å². The fraction of sp³-hybridized carbons (Fsp3) is 0.667. The van der Waals surface area contributed by atoms with Crippen LogP contribution in [0, 0.1) is 17.3 Å². The first kappa shape index (κ1) is 11.0. The summed E-state index contributed by atoms with van der Waals surface area (Å²) >= 11 is 0. The van der Waals surface area contributed by atoms with Gasteiger partial charge in [0.2, 0.25) is 0 Å². The van der Waals surface area contributed by atoms with Gasteiger partial charge in [-0.2, -0.15) is 0 Å². The Hall–Kier alpha value is -1.01. The monoisotopic (exact) mass is 170 g/mol. The average Bonchev–Trinajstić information content (AvgIpc) is 1.97. The fourth-order valence-electron chi connectivity index (χ4n) is 0.395. The van der Waals surface area contributed by atoms with Crippen molar-refractivity contribution in [3.8, 4) is 11.8 Å². The topological polar surface area (TPSA) is 46.5 Å². The summed E-state index contributed by atoms with van der Waals surface area (Å²) in [5, 5.41) is 9.35. The van der Waals surface area contributed by atoms with Gasteiger partial charge in [0.1, 0.15) is 6.10 Å². The lowest BCUT2D eigenvalue weighted by molar-refractivity contribution is -0.133. The van der Waals surface area contributed by atoms with Gasteiger partial charge in [-0.05, 0) is 5.41 Å². The summed E-state index contributed by atoms with van der Waals surface area (Å²) in [5.41, 5.74) is -0.332. The zero-order chi connectivity index (χ0) is 9.78. The third-order valence-electron chi connectivity index (χ3n) is 1.32. The molecule has 0 aliphatic rings. The van der Waals surface area contributed by atoms with Crippen LogP contribution in [0.1, 0.15) is 20.8 Å². The second-order valence-electron chi connectivity index (χ2n) is 3.53. The molecule has 12 heavy (non-hydrogen) atoms. The van der Waals surface area contributed by atoms with E-state index in [1.807, 2.05) is 20.8 Å². The minimum Gasteiger partial charge on any atom is -0.459 e. The Morgan fingerprint density at radius 3 is 2.33 bits per heavy atom. The molecule has 0 radical (unpaired) electrons. The maximum absolute atomic E-state index is 10.5. The van der Waals surface area contributed by atoms with Crippen LogP contribution >= 0.6 is 0 Å². The lowest BCUT2D eigenvalue weighted by Crippen LogP contribution is -2.24. The predicted molar refractivity (Wildman–Crippen MR) is 45.3 cm³/mol. The number of methoxy groups -OCH3 is 1. The number of aliphatic hydroxyl groups is 1. The van der Waals surface area contributed by atoms with Crippen LogP contribution in [0.5, 0.6) is 0 Å². The third kappa shape index (κ3) is 3.99. The van der Waals surface area contributed by atoms with Crippen molar-refractivity contribution in [2.45, 2.75) is 26.9 Å². The third-order valence-corrected chi connectivity index (χ3v) is 1.32. The molecule has 0 bridgehead atoms. The molecule has 0 aromatic carbocycles. The highest BCUT2D eigenvalue weighted by molar-refractivity contribution is 5.88. The van der Waals surface area contributed by atoms with E-state index in [1.54, 1.807) is 0 Å². The first-order chi connectivity index (χ1) is 5.38. The molecule has 1 N–H and O–H groups in total. The van der Waals surface area contributed by atoms with Gasteiger partial charge in [-0.1, -0.05) is 26.7 Å². The number of aliphatic hydroxyl groups excluding tert-OH is 1. The summed E-state index contributed by atoms with van der Waals surface area (Å²) < 4.78 is 4.29. The van der Waals surface area contributed by atoms with Crippen LogP contribution in [-0.4, -0.2) is 24.3 Å². The molecule has 0 rings (SSSR count). The van der Waals surface area contributed by atoms with E-state index in [0.29, 0.717) is 0 Å². The highest BCUT2D eigenvalue weighted by Crippen LogP contribution is 2.17. The first-order valence-corrected chi connectivity index (χ1v) is 3.65. The van der Waals surface area contributed by atoms with Crippen LogP contribution in [0.2, 0.25) is 0 Å². The maximum Gasteiger partial charge on any atom is 0.384 e. The van der Waals surface area contributed by atoms with E-state index in [9.17, 15) is 9.90 Å². The minimum absolute atomic E-state index is 0.332. The van der Waals surface area contributed by atoms with Crippen molar-refractivity contribution in [2.24, 2.45) is 5.41 Å². The molecule has 0 aromatic heterocycles. The van der Waals surface area contributed by atoms with Gasteiger partial charge in [0.25, 0.3) is 0 Å². The van der Waals surface area contributed by atoms with E-state index < -0.39 is 12.1 Å². The number of ether oxygens (including phenoxy) is 1. The zero-order valence-corrected chi connectivity index (χ0v) is 7.84. The molecule has 0 unspecified atom stereocenters. The highest BCUT2D eigenvalue weighted by atomic mass is 16.5. The van der Waals surface area contributed by atoms with Gasteiger partial charge in [-0.15, -0.1) is 0 Å². The van der Waals surface area contributed by atoms with Gasteiger partial charge in [-0.3, -0.25) is 0 Å². The maximum atomic E-state index is 10.5. The van der Waals surface area contributed by atoms with E-state index in [2.05, 4.69) is 16.6 Å². The van der Waals surface area contributed by atoms with Crippen molar-refractivity contribution in [3.05, 3.63) is 0 Å². The lowest BCUT2D eigenvalue weighted by atomic mass is 9.90. The Morgan fingerprint density at radius 1 is 1.50 bits per heavy atom. The minimum atomic E-state index is -0.809. The van der Waals surface area contributed by atoms with Gasteiger partial charge in [0.15, 0.2) is 0 Å². The molecule has 0 saturated heterocycles. The van der Waals surface area contributed by atoms with Gasteiger partial charge in [-0.25, -0.2) is 4.79 Å². The SMILES string of the molecule is COC(=O)C#C[C@H](O)C(C)(C)C. The van der Waals surface area contributed by atoms with Crippen LogP contribution in [0.15, 0.2) is 0 Å². The molecule has 0 aliphatic heterocycles. The van der Waals surface area contributed by atoms with E-state index in [1.165, 1.54) is 7.11 Å². The second kappa shape index (κ2) is 4.13. The molecule has 1 atom stereocenters. The normalized spacial score (nSPS) is 12.8. The Kier molecular flexibility index (Phi) is 3.78. The Morgan fingerprint density at radius 2 is 2.00 bits per heavy atom. The summed E-state index contributed by atoms with van der Waals surface area (Å²) in [6.45, 7) is 5.51. The summed E-state index contributed by atoms with van der Waals surface area (Å²) in [6.07, 6.45) is -0.809. The first-order valence-electron chi connectivity index (χ1n) is 3.65. The van der Waals surface area contributed by atoms with Crippen LogP contribution in [0.4, 0.5) is 0 Å². The number of hydrogen-bond donors (Lipinski definition) is 1. The fourth-order valence-corrected chi connectivity index (χ4v) is 0.395. The van der Waals surface area contributed by atoms with Gasteiger partial charge < -0.3 is 9.84 Å². The standard InChI is InChI=1S/C9H14O3/c1-9(2,3)7(10)5-6-8(11)12-4/h7,10H,1-4H3/t7-/m0/s1. The molecular formula is C9H14O3. The highest BCUT2D eigenvalue weighted by Gasteiger charge is 2.19. The molecule has 0 heterocycles. The molecule has 3 heteroatoms. The Bertz CT molecular complexity index is 214. The zero-order valence-electron chi connectivity index (χ0n) is 7.84. The van der Waals surface area contributed by atoms with E-state index in [4.69, 9.17) is 0 Å². The number of rotatable bonds is 0. The smallest absolute Gasteiger partial charge is 0.384 e. The molecule has 0 spiro atoms. The van der Waals surface area contributed by atoms with E-state index in [0.717, 1.165) is 0 Å². The Labute approximate surface area is 72.7 Å². The number of carbonyl (C=O) groups excluding carboxylic acids is 1. The summed E-state index contributed by atoms with van der Waals surface area (Å²) in [6, 6.07) is 0. The van der Waals surface area contributed by atoms with Crippen molar-refractivity contribution in [1.82, 2.24) is 0 Å². The van der Waals surface area contributed by atoms with Crippen LogP contribution in [0.3, 0.4) is 0 Å². The van der Waals surface area contributed by atoms with E-state index in [-0.39, 0.29) is 5.41 Å². The molecular weight excluding hydrogens is 156 g/mol. The van der Waals surface area contributed by atoms with Gasteiger partial charge >= 0.3 is 5.97 Å². The quantitative estimate of drug-likeness (QED) is 0.328. The van der Waals surface area contributed by atoms with Crippen molar-refractivity contribution in [3.63, 3.8) is 0 Å². The average molecular weight is 170 g/mol. The second-order valence-corrected chi connectivity index (χ2v) is 3.53. The summed E-state index contributed by atoms with van der Waals surface area (Å²) in [7, 11) is 1.25. The number of carbonyl (C=O) groups is 1. The molecule has 0 saturated carbocycles. The summed E-state index contributed by atoms with van der Waals surface area (Å²) in [4.78, 5) is 10.5. The van der Waals surface area contributed by atoms with Crippen molar-refractivity contribution in [1.29, 1.82) is 0 Å². The predicted octanol–water partition coefficient (Wildman–Crippen LogP) is 0.570. The number of hydrogen-bond acceptors (Lipinski definition) is 3.